The Kier molecular flexibility index (Phi) is 6.71. The minimum absolute atomic E-state index is 0.132. The largest absolute Gasteiger partial charge is 0.497 e. The van der Waals surface area contributed by atoms with Gasteiger partial charge in [-0.1, -0.05) is 12.1 Å². The minimum Gasteiger partial charge on any atom is -0.497 e. The zero-order valence-electron chi connectivity index (χ0n) is 16.7. The van der Waals surface area contributed by atoms with Gasteiger partial charge in [-0.25, -0.2) is 0 Å². The van der Waals surface area contributed by atoms with Crippen molar-refractivity contribution >= 4 is 11.9 Å². The third kappa shape index (κ3) is 4.73. The summed E-state index contributed by atoms with van der Waals surface area (Å²) in [4.78, 5) is 15.1. The maximum atomic E-state index is 12.7. The minimum atomic E-state index is -0.132. The lowest BCUT2D eigenvalue weighted by atomic mass is 10.1. The summed E-state index contributed by atoms with van der Waals surface area (Å²) in [5, 5.41) is 0. The summed E-state index contributed by atoms with van der Waals surface area (Å²) in [6.45, 7) is 3.11. The molecule has 0 saturated carbocycles. The van der Waals surface area contributed by atoms with Crippen LogP contribution in [0.1, 0.15) is 34.3 Å². The average molecular weight is 381 g/mol. The van der Waals surface area contributed by atoms with Crippen LogP contribution in [0.3, 0.4) is 0 Å². The average Bonchev–Trinajstić information content (AvgIpc) is 3.24. The lowest BCUT2D eigenvalue weighted by molar-refractivity contribution is 0.104. The van der Waals surface area contributed by atoms with E-state index in [-0.39, 0.29) is 5.78 Å². The number of carbonyl (C=O) groups is 1. The fourth-order valence-corrected chi connectivity index (χ4v) is 3.48. The van der Waals surface area contributed by atoms with Gasteiger partial charge in [-0.3, -0.25) is 9.69 Å². The Morgan fingerprint density at radius 3 is 2.36 bits per heavy atom. The van der Waals surface area contributed by atoms with Crippen molar-refractivity contribution in [2.24, 2.45) is 0 Å². The number of carbonyl (C=O) groups excluding carboxylic acids is 1. The van der Waals surface area contributed by atoms with Crippen molar-refractivity contribution in [2.75, 3.05) is 34.4 Å². The Morgan fingerprint density at radius 2 is 1.68 bits per heavy atom. The van der Waals surface area contributed by atoms with E-state index in [4.69, 9.17) is 14.2 Å². The van der Waals surface area contributed by atoms with Crippen molar-refractivity contribution in [1.82, 2.24) is 4.90 Å². The van der Waals surface area contributed by atoms with Crippen molar-refractivity contribution in [2.45, 2.75) is 19.4 Å². The van der Waals surface area contributed by atoms with Gasteiger partial charge in [0.1, 0.15) is 17.2 Å². The first-order valence-electron chi connectivity index (χ1n) is 9.48. The predicted molar refractivity (Wildman–Crippen MR) is 110 cm³/mol. The fraction of sp³-hybridized carbons (Fsp3) is 0.348. The van der Waals surface area contributed by atoms with Crippen LogP contribution in [0.5, 0.6) is 17.2 Å². The van der Waals surface area contributed by atoms with Crippen molar-refractivity contribution in [3.63, 3.8) is 0 Å². The summed E-state index contributed by atoms with van der Waals surface area (Å²) in [5.74, 6) is 1.90. The molecule has 0 atom stereocenters. The summed E-state index contributed by atoms with van der Waals surface area (Å²) in [5.41, 5.74) is 2.58. The van der Waals surface area contributed by atoms with Crippen molar-refractivity contribution < 1.29 is 19.0 Å². The molecule has 28 heavy (non-hydrogen) atoms. The number of rotatable bonds is 8. The van der Waals surface area contributed by atoms with Gasteiger partial charge in [0.15, 0.2) is 5.78 Å². The van der Waals surface area contributed by atoms with E-state index in [9.17, 15) is 4.79 Å². The zero-order valence-corrected chi connectivity index (χ0v) is 16.7. The molecule has 1 aliphatic rings. The fourth-order valence-electron chi connectivity index (χ4n) is 3.48. The van der Waals surface area contributed by atoms with E-state index in [1.54, 1.807) is 45.6 Å². The highest BCUT2D eigenvalue weighted by molar-refractivity contribution is 6.08. The summed E-state index contributed by atoms with van der Waals surface area (Å²) >= 11 is 0. The van der Waals surface area contributed by atoms with Gasteiger partial charge in [0.05, 0.1) is 26.9 Å². The third-order valence-electron chi connectivity index (χ3n) is 5.00. The quantitative estimate of drug-likeness (QED) is 0.506. The molecular weight excluding hydrogens is 354 g/mol. The molecule has 1 heterocycles. The first-order valence-corrected chi connectivity index (χ1v) is 9.48. The topological polar surface area (TPSA) is 48.0 Å². The van der Waals surface area contributed by atoms with Crippen LogP contribution in [0.4, 0.5) is 0 Å². The highest BCUT2D eigenvalue weighted by Crippen LogP contribution is 2.26. The second-order valence-corrected chi connectivity index (χ2v) is 6.82. The van der Waals surface area contributed by atoms with Crippen LogP contribution < -0.4 is 14.2 Å². The first-order chi connectivity index (χ1) is 13.6. The van der Waals surface area contributed by atoms with E-state index in [1.165, 1.54) is 12.8 Å². The smallest absolute Gasteiger partial charge is 0.189 e. The van der Waals surface area contributed by atoms with Gasteiger partial charge in [0.2, 0.25) is 0 Å². The van der Waals surface area contributed by atoms with Gasteiger partial charge in [-0.2, -0.15) is 0 Å². The van der Waals surface area contributed by atoms with Gasteiger partial charge >= 0.3 is 0 Å². The predicted octanol–water partition coefficient (Wildman–Crippen LogP) is 4.20. The van der Waals surface area contributed by atoms with Crippen LogP contribution >= 0.6 is 0 Å². The second-order valence-electron chi connectivity index (χ2n) is 6.82. The maximum absolute atomic E-state index is 12.7. The number of nitrogens with zero attached hydrogens (tertiary/aromatic N) is 1. The molecule has 5 nitrogen and oxygen atoms in total. The normalized spacial score (nSPS) is 14.4. The van der Waals surface area contributed by atoms with E-state index in [0.717, 1.165) is 36.5 Å². The highest BCUT2D eigenvalue weighted by atomic mass is 16.5. The second kappa shape index (κ2) is 9.42. The molecule has 0 radical (unpaired) electrons. The number of hydrogen-bond donors (Lipinski definition) is 0. The summed E-state index contributed by atoms with van der Waals surface area (Å²) in [7, 11) is 4.82. The van der Waals surface area contributed by atoms with Crippen LogP contribution in [0, 0.1) is 0 Å². The lowest BCUT2D eigenvalue weighted by Gasteiger charge is -2.17. The molecule has 5 heteroatoms. The molecule has 2 aromatic rings. The van der Waals surface area contributed by atoms with E-state index in [1.807, 2.05) is 18.2 Å². The molecule has 0 aliphatic carbocycles. The third-order valence-corrected chi connectivity index (χ3v) is 5.00. The monoisotopic (exact) mass is 381 g/mol. The highest BCUT2D eigenvalue weighted by Gasteiger charge is 2.15. The molecule has 0 bridgehead atoms. The molecule has 0 N–H and O–H groups in total. The Labute approximate surface area is 166 Å². The van der Waals surface area contributed by atoms with Gasteiger partial charge in [-0.05, 0) is 67.9 Å². The number of ether oxygens (including phenoxy) is 3. The molecule has 1 aliphatic heterocycles. The molecule has 1 fully saturated rings. The van der Waals surface area contributed by atoms with Crippen molar-refractivity contribution in [3.05, 3.63) is 59.2 Å². The van der Waals surface area contributed by atoms with Crippen molar-refractivity contribution in [3.8, 4) is 17.2 Å². The Balaban J connectivity index is 1.80. The number of ketones is 1. The molecular formula is C23H27NO4. The van der Waals surface area contributed by atoms with Gasteiger partial charge in [0, 0.05) is 12.1 Å². The molecule has 2 aromatic carbocycles. The van der Waals surface area contributed by atoms with Crippen LogP contribution in [0.2, 0.25) is 0 Å². The van der Waals surface area contributed by atoms with E-state index < -0.39 is 0 Å². The van der Waals surface area contributed by atoms with E-state index in [2.05, 4.69) is 11.0 Å². The standard InChI is InChI=1S/C23H27NO4/c1-26-19-8-11-23(28-3)20(15-19)21(25)9-6-17-7-10-22(27-2)18(14-17)16-24-12-4-5-13-24/h6-11,14-15H,4-5,12-13,16H2,1-3H3/b9-6+. The molecule has 0 amide bonds. The van der Waals surface area contributed by atoms with Gasteiger partial charge in [-0.15, -0.1) is 0 Å². The number of methoxy groups -OCH3 is 3. The van der Waals surface area contributed by atoms with Crippen molar-refractivity contribution in [1.29, 1.82) is 0 Å². The van der Waals surface area contributed by atoms with E-state index >= 15 is 0 Å². The van der Waals surface area contributed by atoms with Crippen LogP contribution in [0.15, 0.2) is 42.5 Å². The first kappa shape index (κ1) is 20.0. The summed E-state index contributed by atoms with van der Waals surface area (Å²) in [6, 6.07) is 11.2. The maximum Gasteiger partial charge on any atom is 0.189 e. The molecule has 148 valence electrons. The number of benzene rings is 2. The van der Waals surface area contributed by atoms with E-state index in [0.29, 0.717) is 17.1 Å². The Hall–Kier alpha value is -2.79. The number of hydrogen-bond acceptors (Lipinski definition) is 5. The zero-order chi connectivity index (χ0) is 19.9. The number of allylic oxidation sites excluding steroid dienone is 1. The molecule has 0 aromatic heterocycles. The Bertz CT molecular complexity index is 854. The lowest BCUT2D eigenvalue weighted by Crippen LogP contribution is -2.18. The Morgan fingerprint density at radius 1 is 0.964 bits per heavy atom. The molecule has 0 spiro atoms. The van der Waals surface area contributed by atoms with Crippen LogP contribution in [-0.4, -0.2) is 45.1 Å². The van der Waals surface area contributed by atoms with Crippen LogP contribution in [-0.2, 0) is 6.54 Å². The molecule has 1 saturated heterocycles. The molecule has 0 unspecified atom stereocenters. The summed E-state index contributed by atoms with van der Waals surface area (Å²) < 4.78 is 16.0. The van der Waals surface area contributed by atoms with Gasteiger partial charge in [0.25, 0.3) is 0 Å². The summed E-state index contributed by atoms with van der Waals surface area (Å²) in [6.07, 6.45) is 5.89. The molecule has 3 rings (SSSR count). The SMILES string of the molecule is COc1ccc(OC)c(C(=O)/C=C/c2ccc(OC)c(CN3CCCC3)c2)c1. The van der Waals surface area contributed by atoms with Gasteiger partial charge < -0.3 is 14.2 Å². The number of likely N-dealkylation sites (tertiary alicyclic amines) is 1. The van der Waals surface area contributed by atoms with Crippen LogP contribution in [0.25, 0.3) is 6.08 Å².